The predicted octanol–water partition coefficient (Wildman–Crippen LogP) is 4.11. The lowest BCUT2D eigenvalue weighted by molar-refractivity contribution is -0.124. The zero-order valence-electron chi connectivity index (χ0n) is 18.9. The number of hydrogen-bond donors (Lipinski definition) is 1. The molecule has 0 unspecified atom stereocenters. The minimum Gasteiger partial charge on any atom is -0.491 e. The number of fused-ring (bicyclic) bond motifs is 1. The van der Waals surface area contributed by atoms with Crippen molar-refractivity contribution in [3.8, 4) is 22.7 Å². The van der Waals surface area contributed by atoms with Crippen molar-refractivity contribution >= 4 is 17.5 Å². The summed E-state index contributed by atoms with van der Waals surface area (Å²) < 4.78 is 20.9. The zero-order chi connectivity index (χ0) is 24.2. The number of benzene rings is 3. The van der Waals surface area contributed by atoms with Gasteiger partial charge < -0.3 is 10.1 Å². The topological polar surface area (TPSA) is 76.5 Å². The van der Waals surface area contributed by atoms with Crippen LogP contribution in [0.4, 0.5) is 10.1 Å². The summed E-state index contributed by atoms with van der Waals surface area (Å²) in [7, 11) is 0. The van der Waals surface area contributed by atoms with Crippen molar-refractivity contribution in [3.05, 3.63) is 96.4 Å². The molecule has 7 nitrogen and oxygen atoms in total. The van der Waals surface area contributed by atoms with Gasteiger partial charge >= 0.3 is 0 Å². The smallest absolute Gasteiger partial charge is 0.240 e. The molecular weight excluding hydrogens is 447 g/mol. The lowest BCUT2D eigenvalue weighted by Crippen LogP contribution is -2.40. The van der Waals surface area contributed by atoms with E-state index in [9.17, 15) is 14.0 Å². The summed E-state index contributed by atoms with van der Waals surface area (Å²) >= 11 is 0. The second-order valence-corrected chi connectivity index (χ2v) is 8.11. The molecule has 2 amide bonds. The number of nitrogens with one attached hydrogen (secondary N) is 1. The Morgan fingerprint density at radius 1 is 1.00 bits per heavy atom. The number of ether oxygens (including phenoxy) is 1. The largest absolute Gasteiger partial charge is 0.491 e. The lowest BCUT2D eigenvalue weighted by Gasteiger charge is -2.21. The first-order valence-electron chi connectivity index (χ1n) is 11.3. The van der Waals surface area contributed by atoms with E-state index in [1.165, 1.54) is 17.0 Å². The van der Waals surface area contributed by atoms with Crippen molar-refractivity contribution in [1.82, 2.24) is 15.1 Å². The van der Waals surface area contributed by atoms with Gasteiger partial charge in [0, 0.05) is 23.9 Å². The summed E-state index contributed by atoms with van der Waals surface area (Å²) in [5.41, 5.74) is 3.58. The number of amides is 2. The van der Waals surface area contributed by atoms with Crippen molar-refractivity contribution < 1.29 is 18.7 Å². The van der Waals surface area contributed by atoms with Gasteiger partial charge in [0.05, 0.1) is 30.1 Å². The van der Waals surface area contributed by atoms with Crippen LogP contribution < -0.4 is 15.0 Å². The summed E-state index contributed by atoms with van der Waals surface area (Å²) in [4.78, 5) is 27.0. The Labute approximate surface area is 201 Å². The van der Waals surface area contributed by atoms with E-state index >= 15 is 0 Å². The molecule has 0 aliphatic carbocycles. The number of rotatable bonds is 6. The molecule has 176 valence electrons. The van der Waals surface area contributed by atoms with Crippen LogP contribution >= 0.6 is 0 Å². The lowest BCUT2D eigenvalue weighted by atomic mass is 10.1. The van der Waals surface area contributed by atoms with Gasteiger partial charge in [-0.2, -0.15) is 5.10 Å². The quantitative estimate of drug-likeness (QED) is 0.460. The zero-order valence-corrected chi connectivity index (χ0v) is 18.9. The average molecular weight is 471 g/mol. The molecule has 1 aromatic heterocycles. The molecule has 0 radical (unpaired) electrons. The van der Waals surface area contributed by atoms with Crippen molar-refractivity contribution in [2.45, 2.75) is 13.0 Å². The van der Waals surface area contributed by atoms with E-state index in [1.54, 1.807) is 35.0 Å². The van der Waals surface area contributed by atoms with Crippen LogP contribution in [0.3, 0.4) is 0 Å². The molecule has 2 heterocycles. The number of halogens is 1. The highest BCUT2D eigenvalue weighted by Gasteiger charge is 2.25. The normalized spacial score (nSPS) is 13.1. The third kappa shape index (κ3) is 4.91. The van der Waals surface area contributed by atoms with E-state index in [-0.39, 0.29) is 43.7 Å². The highest BCUT2D eigenvalue weighted by molar-refractivity contribution is 6.00. The first kappa shape index (κ1) is 22.3. The maximum Gasteiger partial charge on any atom is 0.240 e. The number of carbonyl (C=O) groups is 2. The number of nitrogens with zero attached hydrogens (tertiary/aromatic N) is 3. The molecule has 8 heteroatoms. The van der Waals surface area contributed by atoms with Crippen LogP contribution in [0.15, 0.2) is 85.1 Å². The van der Waals surface area contributed by atoms with E-state index in [0.717, 1.165) is 16.8 Å². The van der Waals surface area contributed by atoms with Gasteiger partial charge in [0.1, 0.15) is 18.1 Å². The molecular formula is C27H23FN4O3. The number of anilines is 1. The number of hydrogen-bond acceptors (Lipinski definition) is 4. The first-order chi connectivity index (χ1) is 17.1. The second-order valence-electron chi connectivity index (χ2n) is 8.11. The molecule has 1 aliphatic rings. The minimum absolute atomic E-state index is 0.127. The Balaban J connectivity index is 1.37. The Hall–Kier alpha value is -4.46. The molecule has 0 spiro atoms. The summed E-state index contributed by atoms with van der Waals surface area (Å²) in [5.74, 6) is -0.243. The Morgan fingerprint density at radius 3 is 2.54 bits per heavy atom. The number of para-hydroxylation sites is 3. The van der Waals surface area contributed by atoms with Gasteiger partial charge in [-0.1, -0.05) is 30.3 Å². The monoisotopic (exact) mass is 470 g/mol. The van der Waals surface area contributed by atoms with Gasteiger partial charge in [-0.3, -0.25) is 14.5 Å². The standard InChI is InChI=1S/C27H23FN4O3/c28-21-12-10-19(11-13-21)27-20(17-32(30-27)22-6-2-1-3-7-22)16-29-25(33)18-31-23-8-4-5-9-24(23)35-15-14-26(31)34/h1-13,17H,14-16,18H2,(H,29,33). The first-order valence-corrected chi connectivity index (χ1v) is 11.3. The molecule has 1 N–H and O–H groups in total. The summed E-state index contributed by atoms with van der Waals surface area (Å²) in [6.45, 7) is 0.337. The van der Waals surface area contributed by atoms with Crippen LogP contribution in [0.2, 0.25) is 0 Å². The van der Waals surface area contributed by atoms with Gasteiger partial charge in [-0.05, 0) is 48.5 Å². The molecule has 0 bridgehead atoms. The molecule has 5 rings (SSSR count). The maximum atomic E-state index is 13.5. The van der Waals surface area contributed by atoms with Gasteiger partial charge in [-0.25, -0.2) is 9.07 Å². The number of carbonyl (C=O) groups excluding carboxylic acids is 2. The summed E-state index contributed by atoms with van der Waals surface area (Å²) in [6.07, 6.45) is 2.04. The van der Waals surface area contributed by atoms with Crippen molar-refractivity contribution in [2.24, 2.45) is 0 Å². The van der Waals surface area contributed by atoms with E-state index in [0.29, 0.717) is 17.1 Å². The van der Waals surface area contributed by atoms with E-state index in [4.69, 9.17) is 9.84 Å². The van der Waals surface area contributed by atoms with Crippen LogP contribution in [0.5, 0.6) is 5.75 Å². The third-order valence-corrected chi connectivity index (χ3v) is 5.74. The Kier molecular flexibility index (Phi) is 6.26. The van der Waals surface area contributed by atoms with E-state index in [1.807, 2.05) is 42.6 Å². The SMILES string of the molecule is O=C(CN1C(=O)CCOc2ccccc21)NCc1cn(-c2ccccc2)nc1-c1ccc(F)cc1. The van der Waals surface area contributed by atoms with Gasteiger partial charge in [0.25, 0.3) is 0 Å². The summed E-state index contributed by atoms with van der Waals surface area (Å²) in [5, 5.41) is 7.59. The second kappa shape index (κ2) is 9.80. The highest BCUT2D eigenvalue weighted by Crippen LogP contribution is 2.31. The van der Waals surface area contributed by atoms with Crippen LogP contribution in [-0.4, -0.2) is 34.7 Å². The summed E-state index contributed by atoms with van der Waals surface area (Å²) in [6, 6.07) is 22.8. The van der Waals surface area contributed by atoms with Crippen LogP contribution in [0.25, 0.3) is 16.9 Å². The van der Waals surface area contributed by atoms with Crippen molar-refractivity contribution in [3.63, 3.8) is 0 Å². The van der Waals surface area contributed by atoms with Gasteiger partial charge in [-0.15, -0.1) is 0 Å². The van der Waals surface area contributed by atoms with Crippen molar-refractivity contribution in [1.29, 1.82) is 0 Å². The fourth-order valence-corrected chi connectivity index (χ4v) is 3.99. The van der Waals surface area contributed by atoms with E-state index in [2.05, 4.69) is 5.32 Å². The minimum atomic E-state index is -0.336. The average Bonchev–Trinajstić information content (AvgIpc) is 3.25. The molecule has 0 saturated heterocycles. The van der Waals surface area contributed by atoms with E-state index < -0.39 is 0 Å². The Morgan fingerprint density at radius 2 is 1.74 bits per heavy atom. The molecule has 35 heavy (non-hydrogen) atoms. The van der Waals surface area contributed by atoms with Crippen LogP contribution in [0.1, 0.15) is 12.0 Å². The molecule has 0 fully saturated rings. The fourth-order valence-electron chi connectivity index (χ4n) is 3.99. The fraction of sp³-hybridized carbons (Fsp3) is 0.148. The van der Waals surface area contributed by atoms with Gasteiger partial charge in [0.2, 0.25) is 11.8 Å². The molecule has 3 aromatic carbocycles. The van der Waals surface area contributed by atoms with Crippen LogP contribution in [-0.2, 0) is 16.1 Å². The molecule has 0 atom stereocenters. The van der Waals surface area contributed by atoms with Crippen molar-refractivity contribution in [2.75, 3.05) is 18.1 Å². The Bertz CT molecular complexity index is 1350. The number of aromatic nitrogens is 2. The third-order valence-electron chi connectivity index (χ3n) is 5.74. The van der Waals surface area contributed by atoms with Crippen LogP contribution in [0, 0.1) is 5.82 Å². The maximum absolute atomic E-state index is 13.5. The molecule has 1 aliphatic heterocycles. The van der Waals surface area contributed by atoms with Gasteiger partial charge in [0.15, 0.2) is 0 Å². The molecule has 4 aromatic rings. The predicted molar refractivity (Wildman–Crippen MR) is 130 cm³/mol. The highest BCUT2D eigenvalue weighted by atomic mass is 19.1. The molecule has 0 saturated carbocycles.